The molecule has 27 heavy (non-hydrogen) atoms. The molecule has 0 aliphatic carbocycles. The number of rotatable bonds is 10. The first-order valence-electron chi connectivity index (χ1n) is 9.35. The standard InChI is InChI=1S/C22H25ClO4/c1-2-3-4-5-6-9-16-26-21(24)17-12-14-18(15-13-17)22(25)27-20-11-8-7-10-19(20)23/h7-8,10-15H,2-6,9,16H2,1H3. The molecule has 2 rings (SSSR count). The number of halogens is 1. The second-order valence-corrected chi connectivity index (χ2v) is 6.71. The van der Waals surface area contributed by atoms with Crippen LogP contribution in [0, 0.1) is 0 Å². The normalized spacial score (nSPS) is 10.4. The lowest BCUT2D eigenvalue weighted by molar-refractivity contribution is 0.0497. The number of hydrogen-bond donors (Lipinski definition) is 0. The maximum absolute atomic E-state index is 12.2. The molecule has 2 aromatic carbocycles. The molecule has 0 aliphatic heterocycles. The quantitative estimate of drug-likeness (QED) is 0.281. The van der Waals surface area contributed by atoms with E-state index in [-0.39, 0.29) is 5.97 Å². The molecule has 0 bridgehead atoms. The Kier molecular flexibility index (Phi) is 8.85. The number of carbonyl (C=O) groups is 2. The number of esters is 2. The van der Waals surface area contributed by atoms with Gasteiger partial charge in [-0.25, -0.2) is 9.59 Å². The van der Waals surface area contributed by atoms with Crippen LogP contribution in [0.3, 0.4) is 0 Å². The Labute approximate surface area is 165 Å². The molecule has 0 fully saturated rings. The summed E-state index contributed by atoms with van der Waals surface area (Å²) in [5.41, 5.74) is 0.748. The summed E-state index contributed by atoms with van der Waals surface area (Å²) in [5, 5.41) is 0.362. The van der Waals surface area contributed by atoms with E-state index in [2.05, 4.69) is 6.92 Å². The molecule has 0 spiro atoms. The van der Waals surface area contributed by atoms with Gasteiger partial charge in [0.15, 0.2) is 0 Å². The molecule has 144 valence electrons. The first-order valence-corrected chi connectivity index (χ1v) is 9.73. The maximum atomic E-state index is 12.2. The Morgan fingerprint density at radius 2 is 1.41 bits per heavy atom. The third-order valence-electron chi connectivity index (χ3n) is 4.13. The molecular weight excluding hydrogens is 364 g/mol. The van der Waals surface area contributed by atoms with Crippen LogP contribution in [0.25, 0.3) is 0 Å². The topological polar surface area (TPSA) is 52.6 Å². The molecule has 0 heterocycles. The predicted molar refractivity (Wildman–Crippen MR) is 107 cm³/mol. The number of hydrogen-bond acceptors (Lipinski definition) is 4. The van der Waals surface area contributed by atoms with Crippen molar-refractivity contribution in [3.63, 3.8) is 0 Å². The van der Waals surface area contributed by atoms with Crippen molar-refractivity contribution in [1.82, 2.24) is 0 Å². The number of para-hydroxylation sites is 1. The second kappa shape index (κ2) is 11.4. The highest BCUT2D eigenvalue weighted by atomic mass is 35.5. The van der Waals surface area contributed by atoms with Crippen LogP contribution in [-0.2, 0) is 4.74 Å². The van der Waals surface area contributed by atoms with Crippen LogP contribution < -0.4 is 4.74 Å². The summed E-state index contributed by atoms with van der Waals surface area (Å²) in [4.78, 5) is 24.2. The Balaban J connectivity index is 1.79. The molecule has 4 nitrogen and oxygen atoms in total. The van der Waals surface area contributed by atoms with E-state index in [0.29, 0.717) is 28.5 Å². The van der Waals surface area contributed by atoms with E-state index >= 15 is 0 Å². The van der Waals surface area contributed by atoms with Gasteiger partial charge in [-0.05, 0) is 42.8 Å². The van der Waals surface area contributed by atoms with Gasteiger partial charge in [0.2, 0.25) is 0 Å². The molecule has 0 saturated heterocycles. The zero-order valence-corrected chi connectivity index (χ0v) is 16.3. The van der Waals surface area contributed by atoms with Crippen LogP contribution in [0.5, 0.6) is 5.75 Å². The Bertz CT molecular complexity index is 740. The van der Waals surface area contributed by atoms with Gasteiger partial charge in [0, 0.05) is 0 Å². The van der Waals surface area contributed by atoms with Crippen LogP contribution in [0.15, 0.2) is 48.5 Å². The van der Waals surface area contributed by atoms with Crippen LogP contribution >= 0.6 is 11.6 Å². The van der Waals surface area contributed by atoms with Crippen molar-refractivity contribution in [2.24, 2.45) is 0 Å². The fourth-order valence-electron chi connectivity index (χ4n) is 2.56. The molecule has 0 radical (unpaired) electrons. The van der Waals surface area contributed by atoms with Crippen molar-refractivity contribution in [3.8, 4) is 5.75 Å². The highest BCUT2D eigenvalue weighted by molar-refractivity contribution is 6.32. The molecule has 0 N–H and O–H groups in total. The lowest BCUT2D eigenvalue weighted by atomic mass is 10.1. The van der Waals surface area contributed by atoms with Crippen LogP contribution in [0.4, 0.5) is 0 Å². The van der Waals surface area contributed by atoms with E-state index in [4.69, 9.17) is 21.1 Å². The zero-order chi connectivity index (χ0) is 19.5. The van der Waals surface area contributed by atoms with E-state index < -0.39 is 5.97 Å². The summed E-state index contributed by atoms with van der Waals surface area (Å²) < 4.78 is 10.5. The van der Waals surface area contributed by atoms with Crippen LogP contribution in [0.2, 0.25) is 5.02 Å². The third kappa shape index (κ3) is 7.06. The number of carbonyl (C=O) groups excluding carboxylic acids is 2. The Morgan fingerprint density at radius 1 is 0.815 bits per heavy atom. The summed E-state index contributed by atoms with van der Waals surface area (Å²) in [6.07, 6.45) is 6.82. The van der Waals surface area contributed by atoms with Gasteiger partial charge in [-0.1, -0.05) is 62.8 Å². The Morgan fingerprint density at radius 3 is 2.07 bits per heavy atom. The number of ether oxygens (including phenoxy) is 2. The van der Waals surface area contributed by atoms with Gasteiger partial charge in [0.1, 0.15) is 5.75 Å². The maximum Gasteiger partial charge on any atom is 0.343 e. The molecular formula is C22H25ClO4. The largest absolute Gasteiger partial charge is 0.462 e. The smallest absolute Gasteiger partial charge is 0.343 e. The van der Waals surface area contributed by atoms with Crippen LogP contribution in [-0.4, -0.2) is 18.5 Å². The molecule has 2 aromatic rings. The van der Waals surface area contributed by atoms with Crippen LogP contribution in [0.1, 0.15) is 66.2 Å². The highest BCUT2D eigenvalue weighted by Gasteiger charge is 2.13. The average Bonchev–Trinajstić information content (AvgIpc) is 2.69. The molecule has 0 atom stereocenters. The van der Waals surface area contributed by atoms with Crippen molar-refractivity contribution in [1.29, 1.82) is 0 Å². The molecule has 5 heteroatoms. The van der Waals surface area contributed by atoms with Gasteiger partial charge in [-0.3, -0.25) is 0 Å². The first-order chi connectivity index (χ1) is 13.1. The van der Waals surface area contributed by atoms with E-state index in [0.717, 1.165) is 12.8 Å². The summed E-state index contributed by atoms with van der Waals surface area (Å²) in [5.74, 6) is -0.615. The third-order valence-corrected chi connectivity index (χ3v) is 4.44. The molecule has 0 saturated carbocycles. The van der Waals surface area contributed by atoms with E-state index in [9.17, 15) is 9.59 Å². The molecule has 0 aromatic heterocycles. The minimum absolute atomic E-state index is 0.298. The average molecular weight is 389 g/mol. The van der Waals surface area contributed by atoms with Gasteiger partial charge < -0.3 is 9.47 Å². The fourth-order valence-corrected chi connectivity index (χ4v) is 2.73. The zero-order valence-electron chi connectivity index (χ0n) is 15.6. The summed E-state index contributed by atoms with van der Waals surface area (Å²) >= 11 is 5.98. The highest BCUT2D eigenvalue weighted by Crippen LogP contribution is 2.24. The lowest BCUT2D eigenvalue weighted by Crippen LogP contribution is -2.10. The molecule has 0 unspecified atom stereocenters. The lowest BCUT2D eigenvalue weighted by Gasteiger charge is -2.07. The van der Waals surface area contributed by atoms with Gasteiger partial charge >= 0.3 is 11.9 Å². The Hall–Kier alpha value is -2.33. The minimum atomic E-state index is -0.532. The fraction of sp³-hybridized carbons (Fsp3) is 0.364. The van der Waals surface area contributed by atoms with E-state index in [1.165, 1.54) is 25.7 Å². The van der Waals surface area contributed by atoms with Gasteiger partial charge in [-0.15, -0.1) is 0 Å². The SMILES string of the molecule is CCCCCCCCOC(=O)c1ccc(C(=O)Oc2ccccc2Cl)cc1. The molecule has 0 aliphatic rings. The van der Waals surface area contributed by atoms with Crippen molar-refractivity contribution in [2.75, 3.05) is 6.61 Å². The predicted octanol–water partition coefficient (Wildman–Crippen LogP) is 6.08. The summed E-state index contributed by atoms with van der Waals surface area (Å²) in [6, 6.07) is 13.0. The van der Waals surface area contributed by atoms with Crippen molar-refractivity contribution in [3.05, 3.63) is 64.7 Å². The first kappa shape index (κ1) is 21.0. The van der Waals surface area contributed by atoms with Gasteiger partial charge in [-0.2, -0.15) is 0 Å². The van der Waals surface area contributed by atoms with Gasteiger partial charge in [0.25, 0.3) is 0 Å². The van der Waals surface area contributed by atoms with E-state index in [1.807, 2.05) is 0 Å². The number of unbranched alkanes of at least 4 members (excludes halogenated alkanes) is 5. The second-order valence-electron chi connectivity index (χ2n) is 6.30. The number of benzene rings is 2. The minimum Gasteiger partial charge on any atom is -0.462 e. The summed E-state index contributed by atoms with van der Waals surface area (Å²) in [6.45, 7) is 2.60. The van der Waals surface area contributed by atoms with Gasteiger partial charge in [0.05, 0.1) is 22.8 Å². The van der Waals surface area contributed by atoms with Crippen molar-refractivity contribution < 1.29 is 19.1 Å². The monoisotopic (exact) mass is 388 g/mol. The molecule has 0 amide bonds. The summed E-state index contributed by atoms with van der Waals surface area (Å²) in [7, 11) is 0. The van der Waals surface area contributed by atoms with Crippen molar-refractivity contribution >= 4 is 23.5 Å². The van der Waals surface area contributed by atoms with E-state index in [1.54, 1.807) is 48.5 Å². The van der Waals surface area contributed by atoms with Crippen molar-refractivity contribution in [2.45, 2.75) is 45.4 Å².